The molecule has 2 heterocycles. The third-order valence-electron chi connectivity index (χ3n) is 4.04. The summed E-state index contributed by atoms with van der Waals surface area (Å²) in [5, 5.41) is 9.65. The Labute approximate surface area is 110 Å². The van der Waals surface area contributed by atoms with Gasteiger partial charge in [-0.25, -0.2) is 4.79 Å². The lowest BCUT2D eigenvalue weighted by atomic mass is 9.79. The maximum atomic E-state index is 11.8. The van der Waals surface area contributed by atoms with E-state index in [1.54, 1.807) is 6.20 Å². The Kier molecular flexibility index (Phi) is 2.33. The number of benzene rings is 1. The van der Waals surface area contributed by atoms with Crippen LogP contribution in [-0.2, 0) is 16.8 Å². The molecular formula is C15H15NO3. The first-order valence-corrected chi connectivity index (χ1v) is 6.32. The molecule has 0 aliphatic carbocycles. The van der Waals surface area contributed by atoms with Crippen molar-refractivity contribution < 1.29 is 14.7 Å². The second-order valence-corrected chi connectivity index (χ2v) is 5.71. The SMILES string of the molecule is CC1(C)CCn2cc(C(=O)C(=O)O)c3cccc1c32. The molecule has 2 aromatic rings. The van der Waals surface area contributed by atoms with E-state index in [1.165, 1.54) is 5.56 Å². The highest BCUT2D eigenvalue weighted by Gasteiger charge is 2.31. The molecule has 1 aliphatic heterocycles. The molecule has 1 aromatic heterocycles. The quantitative estimate of drug-likeness (QED) is 0.664. The van der Waals surface area contributed by atoms with Crippen LogP contribution in [0.2, 0.25) is 0 Å². The Bertz CT molecular complexity index is 709. The number of carbonyl (C=O) groups is 2. The molecule has 0 fully saturated rings. The number of aromatic nitrogens is 1. The fourth-order valence-electron chi connectivity index (χ4n) is 2.91. The van der Waals surface area contributed by atoms with Gasteiger partial charge in [-0.2, -0.15) is 0 Å². The average Bonchev–Trinajstić information content (AvgIpc) is 2.73. The second kappa shape index (κ2) is 3.70. The fourth-order valence-corrected chi connectivity index (χ4v) is 2.91. The van der Waals surface area contributed by atoms with Gasteiger partial charge in [0.05, 0.1) is 11.1 Å². The highest BCUT2D eigenvalue weighted by atomic mass is 16.4. The summed E-state index contributed by atoms with van der Waals surface area (Å²) in [5.74, 6) is -2.23. The monoisotopic (exact) mass is 257 g/mol. The van der Waals surface area contributed by atoms with Gasteiger partial charge in [-0.3, -0.25) is 4.79 Å². The standard InChI is InChI=1S/C15H15NO3/c1-15(2)6-7-16-8-10(13(17)14(18)19)9-4-3-5-11(15)12(9)16/h3-5,8H,6-7H2,1-2H3,(H,18,19). The second-order valence-electron chi connectivity index (χ2n) is 5.71. The van der Waals surface area contributed by atoms with Crippen LogP contribution < -0.4 is 0 Å². The number of hydrogen-bond acceptors (Lipinski definition) is 2. The van der Waals surface area contributed by atoms with E-state index in [-0.39, 0.29) is 5.41 Å². The lowest BCUT2D eigenvalue weighted by Crippen LogP contribution is -2.25. The molecule has 0 unspecified atom stereocenters. The summed E-state index contributed by atoms with van der Waals surface area (Å²) in [6.07, 6.45) is 2.66. The Hall–Kier alpha value is -2.10. The smallest absolute Gasteiger partial charge is 0.377 e. The van der Waals surface area contributed by atoms with Gasteiger partial charge in [0.2, 0.25) is 0 Å². The number of nitrogens with zero attached hydrogens (tertiary/aromatic N) is 1. The summed E-state index contributed by atoms with van der Waals surface area (Å²) >= 11 is 0. The lowest BCUT2D eigenvalue weighted by molar-refractivity contribution is -0.131. The minimum absolute atomic E-state index is 0.0530. The van der Waals surface area contributed by atoms with E-state index in [4.69, 9.17) is 5.11 Å². The molecule has 0 amide bonds. The van der Waals surface area contributed by atoms with Crippen LogP contribution in [0.15, 0.2) is 24.4 Å². The third kappa shape index (κ3) is 1.59. The van der Waals surface area contributed by atoms with E-state index in [0.717, 1.165) is 23.9 Å². The summed E-state index contributed by atoms with van der Waals surface area (Å²) in [6.45, 7) is 5.17. The fraction of sp³-hybridized carbons (Fsp3) is 0.333. The molecule has 0 saturated carbocycles. The van der Waals surface area contributed by atoms with E-state index < -0.39 is 11.8 Å². The van der Waals surface area contributed by atoms with Crippen LogP contribution in [0.5, 0.6) is 0 Å². The van der Waals surface area contributed by atoms with E-state index in [0.29, 0.717) is 5.56 Å². The number of carbonyl (C=O) groups excluding carboxylic acids is 1. The predicted molar refractivity (Wildman–Crippen MR) is 71.5 cm³/mol. The predicted octanol–water partition coefficient (Wildman–Crippen LogP) is 2.59. The molecule has 0 spiro atoms. The Morgan fingerprint density at radius 1 is 1.32 bits per heavy atom. The Morgan fingerprint density at radius 3 is 2.74 bits per heavy atom. The number of para-hydroxylation sites is 1. The zero-order valence-electron chi connectivity index (χ0n) is 10.9. The van der Waals surface area contributed by atoms with Crippen LogP contribution in [-0.4, -0.2) is 21.4 Å². The van der Waals surface area contributed by atoms with Crippen molar-refractivity contribution in [3.63, 3.8) is 0 Å². The molecule has 4 nitrogen and oxygen atoms in total. The van der Waals surface area contributed by atoms with Crippen molar-refractivity contribution >= 4 is 22.7 Å². The van der Waals surface area contributed by atoms with Crippen molar-refractivity contribution in [1.82, 2.24) is 4.57 Å². The molecule has 4 heteroatoms. The molecular weight excluding hydrogens is 242 g/mol. The van der Waals surface area contributed by atoms with Gasteiger partial charge in [0.1, 0.15) is 0 Å². The molecule has 0 radical (unpaired) electrons. The highest BCUT2D eigenvalue weighted by Crippen LogP contribution is 2.39. The molecule has 0 atom stereocenters. The summed E-state index contributed by atoms with van der Waals surface area (Å²) in [4.78, 5) is 22.7. The van der Waals surface area contributed by atoms with E-state index in [9.17, 15) is 9.59 Å². The number of aliphatic carboxylic acids is 1. The molecule has 1 aliphatic rings. The van der Waals surface area contributed by atoms with Crippen molar-refractivity contribution in [2.75, 3.05) is 0 Å². The zero-order chi connectivity index (χ0) is 13.8. The summed E-state index contributed by atoms with van der Waals surface area (Å²) in [6, 6.07) is 5.79. The minimum atomic E-state index is -1.40. The van der Waals surface area contributed by atoms with E-state index in [1.807, 2.05) is 16.7 Å². The normalized spacial score (nSPS) is 16.5. The van der Waals surface area contributed by atoms with Gasteiger partial charge >= 0.3 is 5.97 Å². The van der Waals surface area contributed by atoms with E-state index >= 15 is 0 Å². The maximum absolute atomic E-state index is 11.8. The first-order chi connectivity index (χ1) is 8.92. The molecule has 1 N–H and O–H groups in total. The van der Waals surface area contributed by atoms with Gasteiger partial charge in [-0.05, 0) is 17.4 Å². The molecule has 19 heavy (non-hydrogen) atoms. The zero-order valence-corrected chi connectivity index (χ0v) is 10.9. The molecule has 1 aromatic carbocycles. The van der Waals surface area contributed by atoms with Crippen LogP contribution in [0.1, 0.15) is 36.2 Å². The number of Topliss-reactive ketones (excluding diaryl/α,β-unsaturated/α-hetero) is 1. The largest absolute Gasteiger partial charge is 0.475 e. The van der Waals surface area contributed by atoms with Crippen LogP contribution >= 0.6 is 0 Å². The average molecular weight is 257 g/mol. The van der Waals surface area contributed by atoms with Crippen LogP contribution in [0.25, 0.3) is 10.9 Å². The number of ketones is 1. The molecule has 0 saturated heterocycles. The topological polar surface area (TPSA) is 59.3 Å². The van der Waals surface area contributed by atoms with Crippen LogP contribution in [0.4, 0.5) is 0 Å². The van der Waals surface area contributed by atoms with Crippen molar-refractivity contribution in [2.24, 2.45) is 0 Å². The summed E-state index contributed by atoms with van der Waals surface area (Å²) < 4.78 is 2.01. The molecule has 0 bridgehead atoms. The van der Waals surface area contributed by atoms with Gasteiger partial charge in [-0.1, -0.05) is 32.0 Å². The first-order valence-electron chi connectivity index (χ1n) is 6.32. The van der Waals surface area contributed by atoms with Gasteiger partial charge in [-0.15, -0.1) is 0 Å². The van der Waals surface area contributed by atoms with Crippen molar-refractivity contribution in [1.29, 1.82) is 0 Å². The molecule has 3 rings (SSSR count). The molecule has 98 valence electrons. The van der Waals surface area contributed by atoms with Gasteiger partial charge in [0.15, 0.2) is 0 Å². The maximum Gasteiger partial charge on any atom is 0.377 e. The number of carboxylic acid groups (broad SMARTS) is 1. The van der Waals surface area contributed by atoms with Gasteiger partial charge in [0.25, 0.3) is 5.78 Å². The Morgan fingerprint density at radius 2 is 2.05 bits per heavy atom. The van der Waals surface area contributed by atoms with Crippen molar-refractivity contribution in [3.05, 3.63) is 35.5 Å². The Balaban J connectivity index is 2.35. The van der Waals surface area contributed by atoms with Crippen molar-refractivity contribution in [2.45, 2.75) is 32.2 Å². The summed E-state index contributed by atoms with van der Waals surface area (Å²) in [5.41, 5.74) is 2.53. The third-order valence-corrected chi connectivity index (χ3v) is 4.04. The van der Waals surface area contributed by atoms with Crippen LogP contribution in [0, 0.1) is 0 Å². The first kappa shape index (κ1) is 12.0. The number of hydrogen-bond donors (Lipinski definition) is 1. The van der Waals surface area contributed by atoms with Gasteiger partial charge < -0.3 is 9.67 Å². The van der Waals surface area contributed by atoms with Crippen molar-refractivity contribution in [3.8, 4) is 0 Å². The van der Waals surface area contributed by atoms with Gasteiger partial charge in [0, 0.05) is 18.1 Å². The number of rotatable bonds is 2. The summed E-state index contributed by atoms with van der Waals surface area (Å²) in [7, 11) is 0. The van der Waals surface area contributed by atoms with Crippen LogP contribution in [0.3, 0.4) is 0 Å². The highest BCUT2D eigenvalue weighted by molar-refractivity contribution is 6.42. The minimum Gasteiger partial charge on any atom is -0.475 e. The number of carboxylic acids is 1. The number of aryl methyl sites for hydroxylation is 1. The van der Waals surface area contributed by atoms with E-state index in [2.05, 4.69) is 19.9 Å². The lowest BCUT2D eigenvalue weighted by Gasteiger charge is -2.31.